The summed E-state index contributed by atoms with van der Waals surface area (Å²) in [6.45, 7) is 3.13. The van der Waals surface area contributed by atoms with E-state index in [-0.39, 0.29) is 0 Å². The fourth-order valence-electron chi connectivity index (χ4n) is 2.77. The van der Waals surface area contributed by atoms with Gasteiger partial charge in [0.25, 0.3) is 0 Å². The molecule has 2 rings (SSSR count). The number of rotatable bonds is 6. The number of hydrogen-bond acceptors (Lipinski definition) is 2. The maximum atomic E-state index is 5.86. The number of ether oxygens (including phenoxy) is 1. The topological polar surface area (TPSA) is 21.3 Å². The van der Waals surface area contributed by atoms with Crippen LogP contribution in [0.4, 0.5) is 0 Å². The molecule has 100 valence electrons. The van der Waals surface area contributed by atoms with Crippen LogP contribution in [-0.4, -0.2) is 19.7 Å². The molecule has 0 saturated heterocycles. The van der Waals surface area contributed by atoms with Crippen LogP contribution in [0.25, 0.3) is 0 Å². The molecule has 0 bridgehead atoms. The highest BCUT2D eigenvalue weighted by atomic mass is 16.5. The molecule has 0 spiro atoms. The molecule has 0 aromatic heterocycles. The third kappa shape index (κ3) is 3.26. The Kier molecular flexibility index (Phi) is 5.06. The lowest BCUT2D eigenvalue weighted by atomic mass is 9.97. The summed E-state index contributed by atoms with van der Waals surface area (Å²) in [4.78, 5) is 0. The maximum absolute atomic E-state index is 5.86. The van der Waals surface area contributed by atoms with Gasteiger partial charge in [0.05, 0.1) is 6.61 Å². The lowest BCUT2D eigenvalue weighted by Crippen LogP contribution is -2.25. The molecule has 0 radical (unpaired) electrons. The summed E-state index contributed by atoms with van der Waals surface area (Å²) in [5.74, 6) is 1.18. The SMILES string of the molecule is CCCC(CCc1cccc2c1OCCC2)NC. The van der Waals surface area contributed by atoms with Gasteiger partial charge in [-0.05, 0) is 50.3 Å². The van der Waals surface area contributed by atoms with Crippen molar-refractivity contribution in [3.63, 3.8) is 0 Å². The van der Waals surface area contributed by atoms with Crippen LogP contribution in [0, 0.1) is 0 Å². The van der Waals surface area contributed by atoms with E-state index in [9.17, 15) is 0 Å². The quantitative estimate of drug-likeness (QED) is 0.832. The first kappa shape index (κ1) is 13.4. The van der Waals surface area contributed by atoms with Gasteiger partial charge in [0, 0.05) is 6.04 Å². The largest absolute Gasteiger partial charge is 0.493 e. The molecule has 0 amide bonds. The zero-order valence-electron chi connectivity index (χ0n) is 11.7. The van der Waals surface area contributed by atoms with E-state index in [1.54, 1.807) is 0 Å². The smallest absolute Gasteiger partial charge is 0.125 e. The Morgan fingerprint density at radius 1 is 1.33 bits per heavy atom. The van der Waals surface area contributed by atoms with Crippen molar-refractivity contribution in [1.82, 2.24) is 5.32 Å². The number of aryl methyl sites for hydroxylation is 2. The minimum absolute atomic E-state index is 0.634. The van der Waals surface area contributed by atoms with Crippen molar-refractivity contribution in [3.05, 3.63) is 29.3 Å². The van der Waals surface area contributed by atoms with Crippen molar-refractivity contribution < 1.29 is 4.74 Å². The molecular formula is C16H25NO. The predicted molar refractivity (Wildman–Crippen MR) is 76.3 cm³/mol. The molecule has 1 N–H and O–H groups in total. The Labute approximate surface area is 111 Å². The third-order valence-electron chi connectivity index (χ3n) is 3.82. The van der Waals surface area contributed by atoms with Crippen molar-refractivity contribution in [2.45, 2.75) is 51.5 Å². The standard InChI is InChI=1S/C16H25NO/c1-3-6-15(17-2)11-10-14-8-4-7-13-9-5-12-18-16(13)14/h4,7-8,15,17H,3,5-6,9-12H2,1-2H3. The predicted octanol–water partition coefficient (Wildman–Crippen LogP) is 3.33. The van der Waals surface area contributed by atoms with Crippen LogP contribution in [0.2, 0.25) is 0 Å². The Bertz CT molecular complexity index is 375. The summed E-state index contributed by atoms with van der Waals surface area (Å²) >= 11 is 0. The highest BCUT2D eigenvalue weighted by Crippen LogP contribution is 2.30. The Morgan fingerprint density at radius 2 is 2.22 bits per heavy atom. The molecular weight excluding hydrogens is 222 g/mol. The van der Waals surface area contributed by atoms with Crippen LogP contribution in [0.15, 0.2) is 18.2 Å². The first-order valence-electron chi connectivity index (χ1n) is 7.26. The Balaban J connectivity index is 2.00. The van der Waals surface area contributed by atoms with Crippen molar-refractivity contribution in [2.24, 2.45) is 0 Å². The molecule has 1 aromatic carbocycles. The fraction of sp³-hybridized carbons (Fsp3) is 0.625. The van der Waals surface area contributed by atoms with E-state index in [0.29, 0.717) is 6.04 Å². The van der Waals surface area contributed by atoms with Crippen LogP contribution in [0.3, 0.4) is 0 Å². The molecule has 1 aromatic rings. The van der Waals surface area contributed by atoms with Crippen LogP contribution in [-0.2, 0) is 12.8 Å². The molecule has 2 heteroatoms. The van der Waals surface area contributed by atoms with Crippen molar-refractivity contribution in [2.75, 3.05) is 13.7 Å². The normalized spacial score (nSPS) is 15.9. The van der Waals surface area contributed by atoms with E-state index < -0.39 is 0 Å². The highest BCUT2D eigenvalue weighted by molar-refractivity contribution is 5.42. The van der Waals surface area contributed by atoms with E-state index >= 15 is 0 Å². The van der Waals surface area contributed by atoms with E-state index in [4.69, 9.17) is 4.74 Å². The minimum atomic E-state index is 0.634. The molecule has 1 aliphatic heterocycles. The molecule has 0 aliphatic carbocycles. The minimum Gasteiger partial charge on any atom is -0.493 e. The van der Waals surface area contributed by atoms with Crippen LogP contribution in [0.1, 0.15) is 43.7 Å². The number of hydrogen-bond donors (Lipinski definition) is 1. The number of nitrogens with one attached hydrogen (secondary N) is 1. The molecule has 2 nitrogen and oxygen atoms in total. The molecule has 1 atom stereocenters. The van der Waals surface area contributed by atoms with E-state index in [1.165, 1.54) is 42.6 Å². The third-order valence-corrected chi connectivity index (χ3v) is 3.82. The summed E-state index contributed by atoms with van der Waals surface area (Å²) in [7, 11) is 2.07. The summed E-state index contributed by atoms with van der Waals surface area (Å²) in [5.41, 5.74) is 2.79. The average molecular weight is 247 g/mol. The molecule has 1 unspecified atom stereocenters. The molecule has 18 heavy (non-hydrogen) atoms. The van der Waals surface area contributed by atoms with Crippen molar-refractivity contribution in [1.29, 1.82) is 0 Å². The summed E-state index contributed by atoms with van der Waals surface area (Å²) in [6, 6.07) is 7.24. The maximum Gasteiger partial charge on any atom is 0.125 e. The van der Waals surface area contributed by atoms with E-state index in [0.717, 1.165) is 19.4 Å². The zero-order valence-corrected chi connectivity index (χ0v) is 11.7. The van der Waals surface area contributed by atoms with Gasteiger partial charge in [0.2, 0.25) is 0 Å². The highest BCUT2D eigenvalue weighted by Gasteiger charge is 2.15. The number of benzene rings is 1. The van der Waals surface area contributed by atoms with Gasteiger partial charge in [-0.15, -0.1) is 0 Å². The van der Waals surface area contributed by atoms with Crippen LogP contribution in [0.5, 0.6) is 5.75 Å². The first-order valence-corrected chi connectivity index (χ1v) is 7.26. The average Bonchev–Trinajstić information content (AvgIpc) is 2.43. The van der Waals surface area contributed by atoms with Gasteiger partial charge in [-0.2, -0.15) is 0 Å². The summed E-state index contributed by atoms with van der Waals surface area (Å²) in [5, 5.41) is 3.41. The number of para-hydroxylation sites is 1. The second-order valence-corrected chi connectivity index (χ2v) is 5.17. The Hall–Kier alpha value is -1.02. The lowest BCUT2D eigenvalue weighted by molar-refractivity contribution is 0.284. The second-order valence-electron chi connectivity index (χ2n) is 5.17. The van der Waals surface area contributed by atoms with Gasteiger partial charge in [-0.1, -0.05) is 31.5 Å². The van der Waals surface area contributed by atoms with Crippen molar-refractivity contribution >= 4 is 0 Å². The van der Waals surface area contributed by atoms with Crippen molar-refractivity contribution in [3.8, 4) is 5.75 Å². The van der Waals surface area contributed by atoms with Gasteiger partial charge in [0.1, 0.15) is 5.75 Å². The van der Waals surface area contributed by atoms with Gasteiger partial charge < -0.3 is 10.1 Å². The second kappa shape index (κ2) is 6.79. The fourth-order valence-corrected chi connectivity index (χ4v) is 2.77. The van der Waals surface area contributed by atoms with Crippen LogP contribution < -0.4 is 10.1 Å². The van der Waals surface area contributed by atoms with E-state index in [1.807, 2.05) is 0 Å². The van der Waals surface area contributed by atoms with Gasteiger partial charge >= 0.3 is 0 Å². The monoisotopic (exact) mass is 247 g/mol. The van der Waals surface area contributed by atoms with Crippen LogP contribution >= 0.6 is 0 Å². The van der Waals surface area contributed by atoms with Gasteiger partial charge in [-0.25, -0.2) is 0 Å². The van der Waals surface area contributed by atoms with E-state index in [2.05, 4.69) is 37.5 Å². The summed E-state index contributed by atoms with van der Waals surface area (Å²) < 4.78 is 5.86. The Morgan fingerprint density at radius 3 is 3.00 bits per heavy atom. The lowest BCUT2D eigenvalue weighted by Gasteiger charge is -2.21. The zero-order chi connectivity index (χ0) is 12.8. The van der Waals surface area contributed by atoms with Gasteiger partial charge in [-0.3, -0.25) is 0 Å². The summed E-state index contributed by atoms with van der Waals surface area (Å²) in [6.07, 6.45) is 7.15. The van der Waals surface area contributed by atoms with Gasteiger partial charge in [0.15, 0.2) is 0 Å². The molecule has 0 fully saturated rings. The molecule has 0 saturated carbocycles. The number of fused-ring (bicyclic) bond motifs is 1. The molecule has 1 heterocycles. The molecule has 1 aliphatic rings. The first-order chi connectivity index (χ1) is 8.85.